The van der Waals surface area contributed by atoms with Gasteiger partial charge >= 0.3 is 5.97 Å². The van der Waals surface area contributed by atoms with E-state index in [1.54, 1.807) is 14.0 Å². The van der Waals surface area contributed by atoms with Crippen LogP contribution in [0.1, 0.15) is 33.6 Å². The molecular weight excluding hydrogens is 182 g/mol. The first kappa shape index (κ1) is 13.4. The molecule has 0 aromatic rings. The molecule has 0 aliphatic heterocycles. The van der Waals surface area contributed by atoms with Gasteiger partial charge in [0.05, 0.1) is 0 Å². The van der Waals surface area contributed by atoms with E-state index in [0.29, 0.717) is 13.0 Å². The van der Waals surface area contributed by atoms with Gasteiger partial charge in [0.1, 0.15) is 5.54 Å². The summed E-state index contributed by atoms with van der Waals surface area (Å²) in [6.45, 7) is 6.19. The van der Waals surface area contributed by atoms with Crippen molar-refractivity contribution < 1.29 is 14.6 Å². The van der Waals surface area contributed by atoms with E-state index >= 15 is 0 Å². The maximum atomic E-state index is 11.0. The lowest BCUT2D eigenvalue weighted by Crippen LogP contribution is -2.52. The number of rotatable bonds is 7. The fraction of sp³-hybridized carbons (Fsp3) is 0.900. The summed E-state index contributed by atoms with van der Waals surface area (Å²) in [6.07, 6.45) is 1.39. The number of ether oxygens (including phenoxy) is 1. The Hall–Kier alpha value is -0.610. The maximum absolute atomic E-state index is 11.0. The summed E-state index contributed by atoms with van der Waals surface area (Å²) in [5.74, 6) is -0.802. The summed E-state index contributed by atoms with van der Waals surface area (Å²) < 4.78 is 4.93. The van der Waals surface area contributed by atoms with Gasteiger partial charge in [-0.05, 0) is 26.7 Å². The van der Waals surface area contributed by atoms with Crippen molar-refractivity contribution in [3.63, 3.8) is 0 Å². The highest BCUT2D eigenvalue weighted by atomic mass is 16.5. The zero-order valence-electron chi connectivity index (χ0n) is 9.46. The van der Waals surface area contributed by atoms with Crippen molar-refractivity contribution in [2.45, 2.75) is 45.2 Å². The highest BCUT2D eigenvalue weighted by Gasteiger charge is 2.31. The zero-order chi connectivity index (χ0) is 11.2. The van der Waals surface area contributed by atoms with Gasteiger partial charge in [-0.1, -0.05) is 6.92 Å². The molecule has 0 aromatic carbocycles. The molecule has 0 saturated heterocycles. The third kappa shape index (κ3) is 4.07. The van der Waals surface area contributed by atoms with Gasteiger partial charge in [-0.25, -0.2) is 0 Å². The Balaban J connectivity index is 4.10. The van der Waals surface area contributed by atoms with Crippen LogP contribution >= 0.6 is 0 Å². The van der Waals surface area contributed by atoms with Crippen LogP contribution in [0.2, 0.25) is 0 Å². The van der Waals surface area contributed by atoms with Crippen LogP contribution in [0.15, 0.2) is 0 Å². The first-order chi connectivity index (χ1) is 6.46. The lowest BCUT2D eigenvalue weighted by Gasteiger charge is -2.28. The van der Waals surface area contributed by atoms with Gasteiger partial charge in [0.15, 0.2) is 0 Å². The van der Waals surface area contributed by atoms with Gasteiger partial charge in [-0.3, -0.25) is 10.1 Å². The number of carboxylic acid groups (broad SMARTS) is 1. The summed E-state index contributed by atoms with van der Waals surface area (Å²) in [7, 11) is 1.64. The smallest absolute Gasteiger partial charge is 0.323 e. The summed E-state index contributed by atoms with van der Waals surface area (Å²) >= 11 is 0. The first-order valence-corrected chi connectivity index (χ1v) is 4.96. The molecule has 0 aliphatic rings. The van der Waals surface area contributed by atoms with Crippen molar-refractivity contribution in [3.05, 3.63) is 0 Å². The van der Waals surface area contributed by atoms with Gasteiger partial charge < -0.3 is 9.84 Å². The van der Waals surface area contributed by atoms with E-state index in [1.165, 1.54) is 0 Å². The quantitative estimate of drug-likeness (QED) is 0.654. The predicted octanol–water partition coefficient (Wildman–Crippen LogP) is 1.25. The van der Waals surface area contributed by atoms with Crippen LogP contribution in [0.4, 0.5) is 0 Å². The van der Waals surface area contributed by atoms with Crippen LogP contribution < -0.4 is 5.32 Å². The minimum Gasteiger partial charge on any atom is -0.480 e. The molecule has 14 heavy (non-hydrogen) atoms. The Bertz CT molecular complexity index is 184. The molecule has 4 heteroatoms. The SMILES string of the molecule is CCC(C)(NC(C)CCOC)C(=O)O. The molecule has 0 rings (SSSR count). The summed E-state index contributed by atoms with van der Waals surface area (Å²) in [6, 6.07) is 0.149. The Labute approximate surface area is 85.6 Å². The fourth-order valence-electron chi connectivity index (χ4n) is 1.23. The third-order valence-electron chi connectivity index (χ3n) is 2.50. The minimum atomic E-state index is -0.826. The van der Waals surface area contributed by atoms with Crippen molar-refractivity contribution in [1.82, 2.24) is 5.32 Å². The fourth-order valence-corrected chi connectivity index (χ4v) is 1.23. The molecule has 0 radical (unpaired) electrons. The van der Waals surface area contributed by atoms with Crippen molar-refractivity contribution in [2.24, 2.45) is 0 Å². The second-order valence-corrected chi connectivity index (χ2v) is 3.82. The maximum Gasteiger partial charge on any atom is 0.323 e. The number of methoxy groups -OCH3 is 1. The standard InChI is InChI=1S/C10H21NO3/c1-5-10(3,9(12)13)11-8(2)6-7-14-4/h8,11H,5-7H2,1-4H3,(H,12,13). The van der Waals surface area contributed by atoms with Crippen molar-refractivity contribution in [2.75, 3.05) is 13.7 Å². The molecule has 2 unspecified atom stereocenters. The Morgan fingerprint density at radius 3 is 2.57 bits per heavy atom. The normalized spacial score (nSPS) is 17.4. The van der Waals surface area contributed by atoms with Crippen molar-refractivity contribution in [1.29, 1.82) is 0 Å². The van der Waals surface area contributed by atoms with E-state index in [2.05, 4.69) is 5.32 Å². The number of nitrogens with one attached hydrogen (secondary N) is 1. The molecule has 0 heterocycles. The lowest BCUT2D eigenvalue weighted by molar-refractivity contribution is -0.144. The molecule has 0 fully saturated rings. The first-order valence-electron chi connectivity index (χ1n) is 4.96. The summed E-state index contributed by atoms with van der Waals surface area (Å²) in [4.78, 5) is 11.0. The molecule has 0 saturated carbocycles. The molecule has 0 bridgehead atoms. The highest BCUT2D eigenvalue weighted by molar-refractivity contribution is 5.78. The van der Waals surface area contributed by atoms with Crippen LogP contribution in [0, 0.1) is 0 Å². The third-order valence-corrected chi connectivity index (χ3v) is 2.50. The average molecular weight is 203 g/mol. The monoisotopic (exact) mass is 203 g/mol. The van der Waals surface area contributed by atoms with Crippen LogP contribution in [0.5, 0.6) is 0 Å². The van der Waals surface area contributed by atoms with Crippen LogP contribution in [0.3, 0.4) is 0 Å². The van der Waals surface area contributed by atoms with E-state index in [-0.39, 0.29) is 6.04 Å². The largest absolute Gasteiger partial charge is 0.480 e. The summed E-state index contributed by atoms with van der Waals surface area (Å²) in [5, 5.41) is 12.1. The van der Waals surface area contributed by atoms with Crippen LogP contribution in [-0.4, -0.2) is 36.4 Å². The molecular formula is C10H21NO3. The van der Waals surface area contributed by atoms with Gasteiger partial charge in [-0.2, -0.15) is 0 Å². The Kier molecular flexibility index (Phi) is 5.72. The number of carbonyl (C=O) groups is 1. The molecule has 0 aromatic heterocycles. The van der Waals surface area contributed by atoms with E-state index in [4.69, 9.17) is 9.84 Å². The highest BCUT2D eigenvalue weighted by Crippen LogP contribution is 2.11. The zero-order valence-corrected chi connectivity index (χ0v) is 9.46. The second kappa shape index (κ2) is 5.98. The second-order valence-electron chi connectivity index (χ2n) is 3.82. The molecule has 0 aliphatic carbocycles. The van der Waals surface area contributed by atoms with E-state index in [0.717, 1.165) is 6.42 Å². The lowest BCUT2D eigenvalue weighted by atomic mass is 9.97. The number of hydrogen-bond acceptors (Lipinski definition) is 3. The van der Waals surface area contributed by atoms with Crippen LogP contribution in [0.25, 0.3) is 0 Å². The predicted molar refractivity (Wildman–Crippen MR) is 55.4 cm³/mol. The van der Waals surface area contributed by atoms with E-state index in [9.17, 15) is 4.79 Å². The van der Waals surface area contributed by atoms with E-state index < -0.39 is 11.5 Å². The van der Waals surface area contributed by atoms with Gasteiger partial charge in [0, 0.05) is 19.8 Å². The van der Waals surface area contributed by atoms with Gasteiger partial charge in [0.2, 0.25) is 0 Å². The molecule has 4 nitrogen and oxygen atoms in total. The molecule has 2 atom stereocenters. The Morgan fingerprint density at radius 1 is 1.64 bits per heavy atom. The van der Waals surface area contributed by atoms with Crippen molar-refractivity contribution in [3.8, 4) is 0 Å². The Morgan fingerprint density at radius 2 is 2.21 bits per heavy atom. The minimum absolute atomic E-state index is 0.149. The van der Waals surface area contributed by atoms with Gasteiger partial charge in [-0.15, -0.1) is 0 Å². The topological polar surface area (TPSA) is 58.6 Å². The van der Waals surface area contributed by atoms with Crippen LogP contribution in [-0.2, 0) is 9.53 Å². The van der Waals surface area contributed by atoms with Crippen molar-refractivity contribution >= 4 is 5.97 Å². The number of aliphatic carboxylic acids is 1. The summed E-state index contributed by atoms with van der Waals surface area (Å²) in [5.41, 5.74) is -0.826. The molecule has 0 amide bonds. The molecule has 0 spiro atoms. The average Bonchev–Trinajstić information content (AvgIpc) is 2.14. The molecule has 84 valence electrons. The number of carboxylic acids is 1. The van der Waals surface area contributed by atoms with E-state index in [1.807, 2.05) is 13.8 Å². The number of hydrogen-bond donors (Lipinski definition) is 2. The molecule has 2 N–H and O–H groups in total. The van der Waals surface area contributed by atoms with Gasteiger partial charge in [0.25, 0.3) is 0 Å².